The molecule has 4 nitrogen and oxygen atoms in total. The van der Waals surface area contributed by atoms with Crippen LogP contribution in [-0.4, -0.2) is 38.6 Å². The second-order valence-corrected chi connectivity index (χ2v) is 5.44. The molecular formula is C13H17ClF3N3O+2. The summed E-state index contributed by atoms with van der Waals surface area (Å²) in [6, 6.07) is 3.37. The van der Waals surface area contributed by atoms with Gasteiger partial charge in [0.05, 0.1) is 10.6 Å². The zero-order valence-corrected chi connectivity index (χ0v) is 12.0. The molecular weight excluding hydrogens is 307 g/mol. The molecule has 116 valence electrons. The lowest BCUT2D eigenvalue weighted by atomic mass is 10.2. The molecule has 0 spiro atoms. The van der Waals surface area contributed by atoms with Gasteiger partial charge in [0.25, 0.3) is 5.91 Å². The van der Waals surface area contributed by atoms with E-state index in [0.29, 0.717) is 0 Å². The van der Waals surface area contributed by atoms with Crippen LogP contribution in [0.15, 0.2) is 18.2 Å². The normalized spacial score (nSPS) is 16.8. The van der Waals surface area contributed by atoms with Crippen molar-refractivity contribution < 1.29 is 28.2 Å². The van der Waals surface area contributed by atoms with Gasteiger partial charge in [-0.15, -0.1) is 0 Å². The van der Waals surface area contributed by atoms with Crippen molar-refractivity contribution >= 4 is 23.2 Å². The van der Waals surface area contributed by atoms with Crippen molar-refractivity contribution in [3.05, 3.63) is 28.8 Å². The first-order valence-electron chi connectivity index (χ1n) is 6.68. The number of benzene rings is 1. The molecule has 1 saturated heterocycles. The van der Waals surface area contributed by atoms with Crippen molar-refractivity contribution in [1.82, 2.24) is 0 Å². The summed E-state index contributed by atoms with van der Waals surface area (Å²) in [4.78, 5) is 13.0. The Morgan fingerprint density at radius 2 is 2.00 bits per heavy atom. The molecule has 1 amide bonds. The second-order valence-electron chi connectivity index (χ2n) is 5.03. The lowest BCUT2D eigenvalue weighted by molar-refractivity contribution is -0.940. The average molecular weight is 324 g/mol. The van der Waals surface area contributed by atoms with Gasteiger partial charge in [-0.3, -0.25) is 4.79 Å². The van der Waals surface area contributed by atoms with Gasteiger partial charge in [0, 0.05) is 5.69 Å². The Labute approximate surface area is 125 Å². The van der Waals surface area contributed by atoms with Gasteiger partial charge in [0.1, 0.15) is 26.2 Å². The van der Waals surface area contributed by atoms with Gasteiger partial charge in [-0.2, -0.15) is 13.2 Å². The molecule has 1 heterocycles. The maximum Gasteiger partial charge on any atom is 0.417 e. The number of carbonyl (C=O) groups is 1. The smallest absolute Gasteiger partial charge is 0.337 e. The number of nitrogens with two attached hydrogens (primary N) is 1. The summed E-state index contributed by atoms with van der Waals surface area (Å²) in [6.45, 7) is 3.94. The van der Waals surface area contributed by atoms with Crippen LogP contribution in [0.1, 0.15) is 5.56 Å². The van der Waals surface area contributed by atoms with Gasteiger partial charge in [-0.25, -0.2) is 0 Å². The number of carbonyl (C=O) groups excluding carboxylic acids is 1. The zero-order chi connectivity index (χ0) is 15.5. The summed E-state index contributed by atoms with van der Waals surface area (Å²) in [5, 5.41) is 4.30. The largest absolute Gasteiger partial charge is 0.417 e. The number of nitrogens with one attached hydrogen (secondary N) is 2. The third kappa shape index (κ3) is 4.59. The van der Waals surface area contributed by atoms with Gasteiger partial charge in [0.2, 0.25) is 0 Å². The van der Waals surface area contributed by atoms with Crippen LogP contribution in [0.25, 0.3) is 0 Å². The standard InChI is InChI=1S/C13H15ClF3N3O/c14-11-2-1-9(7-10(11)13(15,16)17)19-12(21)8-20-5-3-18-4-6-20/h1-2,7,18H,3-6,8H2,(H,19,21)/p+2. The Kier molecular flexibility index (Phi) is 5.08. The number of rotatable bonds is 3. The minimum absolute atomic E-state index is 0.111. The summed E-state index contributed by atoms with van der Waals surface area (Å²) in [5.41, 5.74) is -0.832. The first kappa shape index (κ1) is 16.1. The molecule has 0 unspecified atom stereocenters. The number of anilines is 1. The summed E-state index contributed by atoms with van der Waals surface area (Å²) in [6.07, 6.45) is -4.54. The van der Waals surface area contributed by atoms with Crippen LogP contribution in [0, 0.1) is 0 Å². The lowest BCUT2D eigenvalue weighted by Gasteiger charge is -2.21. The molecule has 0 atom stereocenters. The van der Waals surface area contributed by atoms with Crippen LogP contribution in [0.2, 0.25) is 5.02 Å². The van der Waals surface area contributed by atoms with E-state index in [1.165, 1.54) is 6.07 Å². The summed E-state index contributed by atoms with van der Waals surface area (Å²) < 4.78 is 38.2. The summed E-state index contributed by atoms with van der Waals surface area (Å²) >= 11 is 5.53. The molecule has 0 aromatic heterocycles. The Bertz CT molecular complexity index is 516. The van der Waals surface area contributed by atoms with Crippen molar-refractivity contribution in [2.45, 2.75) is 6.18 Å². The highest BCUT2D eigenvalue weighted by Crippen LogP contribution is 2.36. The molecule has 1 aromatic carbocycles. The van der Waals surface area contributed by atoms with Crippen molar-refractivity contribution in [3.8, 4) is 0 Å². The van der Waals surface area contributed by atoms with E-state index in [1.54, 1.807) is 0 Å². The van der Waals surface area contributed by atoms with Crippen LogP contribution in [0.3, 0.4) is 0 Å². The molecule has 1 aliphatic heterocycles. The number of halogens is 4. The molecule has 1 aliphatic rings. The van der Waals surface area contributed by atoms with Gasteiger partial charge >= 0.3 is 6.18 Å². The van der Waals surface area contributed by atoms with Gasteiger partial charge < -0.3 is 15.5 Å². The van der Waals surface area contributed by atoms with Crippen molar-refractivity contribution in [2.24, 2.45) is 0 Å². The van der Waals surface area contributed by atoms with E-state index in [0.717, 1.165) is 43.2 Å². The highest BCUT2D eigenvalue weighted by Gasteiger charge is 2.33. The van der Waals surface area contributed by atoms with E-state index >= 15 is 0 Å². The summed E-state index contributed by atoms with van der Waals surface area (Å²) in [7, 11) is 0. The van der Waals surface area contributed by atoms with E-state index in [-0.39, 0.29) is 23.2 Å². The molecule has 4 N–H and O–H groups in total. The van der Waals surface area contributed by atoms with Crippen molar-refractivity contribution in [2.75, 3.05) is 38.0 Å². The van der Waals surface area contributed by atoms with Crippen LogP contribution in [-0.2, 0) is 11.0 Å². The van der Waals surface area contributed by atoms with E-state index in [9.17, 15) is 18.0 Å². The molecule has 0 saturated carbocycles. The SMILES string of the molecule is O=C(C[NH+]1CC[NH2+]CC1)Nc1ccc(Cl)c(C(F)(F)F)c1. The van der Waals surface area contributed by atoms with Gasteiger partial charge in [-0.05, 0) is 18.2 Å². The van der Waals surface area contributed by atoms with E-state index in [2.05, 4.69) is 10.6 Å². The Hall–Kier alpha value is -1.31. The predicted molar refractivity (Wildman–Crippen MR) is 72.3 cm³/mol. The molecule has 0 bridgehead atoms. The molecule has 1 fully saturated rings. The van der Waals surface area contributed by atoms with Crippen LogP contribution in [0.4, 0.5) is 18.9 Å². The number of alkyl halides is 3. The third-order valence-electron chi connectivity index (χ3n) is 3.37. The number of quaternary nitrogens is 2. The topological polar surface area (TPSA) is 50.2 Å². The molecule has 21 heavy (non-hydrogen) atoms. The minimum Gasteiger partial charge on any atom is -0.337 e. The van der Waals surface area contributed by atoms with Crippen molar-refractivity contribution in [1.29, 1.82) is 0 Å². The molecule has 2 rings (SSSR count). The third-order valence-corrected chi connectivity index (χ3v) is 3.70. The average Bonchev–Trinajstić information content (AvgIpc) is 2.41. The van der Waals surface area contributed by atoms with Gasteiger partial charge in [0.15, 0.2) is 6.54 Å². The molecule has 8 heteroatoms. The van der Waals surface area contributed by atoms with Crippen LogP contribution < -0.4 is 15.5 Å². The number of piperazine rings is 1. The lowest BCUT2D eigenvalue weighted by Crippen LogP contribution is -3.21. The fraction of sp³-hybridized carbons (Fsp3) is 0.462. The van der Waals surface area contributed by atoms with E-state index in [4.69, 9.17) is 11.6 Å². The Morgan fingerprint density at radius 1 is 1.33 bits per heavy atom. The molecule has 1 aromatic rings. The highest BCUT2D eigenvalue weighted by atomic mass is 35.5. The van der Waals surface area contributed by atoms with Gasteiger partial charge in [-0.1, -0.05) is 11.6 Å². The fourth-order valence-electron chi connectivity index (χ4n) is 2.31. The monoisotopic (exact) mass is 323 g/mol. The maximum absolute atomic E-state index is 12.7. The first-order valence-corrected chi connectivity index (χ1v) is 7.06. The number of hydrogen-bond donors (Lipinski definition) is 3. The fourth-order valence-corrected chi connectivity index (χ4v) is 2.54. The van der Waals surface area contributed by atoms with Crippen LogP contribution in [0.5, 0.6) is 0 Å². The zero-order valence-electron chi connectivity index (χ0n) is 11.3. The first-order chi connectivity index (χ1) is 9.86. The van der Waals surface area contributed by atoms with E-state index < -0.39 is 11.7 Å². The number of amides is 1. The van der Waals surface area contributed by atoms with E-state index in [1.807, 2.05) is 0 Å². The predicted octanol–water partition coefficient (Wildman–Crippen LogP) is -0.241. The summed E-state index contributed by atoms with van der Waals surface area (Å²) in [5.74, 6) is -0.289. The van der Waals surface area contributed by atoms with Crippen LogP contribution >= 0.6 is 11.6 Å². The maximum atomic E-state index is 12.7. The highest BCUT2D eigenvalue weighted by molar-refractivity contribution is 6.31. The number of hydrogen-bond acceptors (Lipinski definition) is 1. The molecule has 0 radical (unpaired) electrons. The quantitative estimate of drug-likeness (QED) is 0.706. The minimum atomic E-state index is -4.54. The second kappa shape index (κ2) is 6.64. The Balaban J connectivity index is 2.00. The Morgan fingerprint density at radius 3 is 2.62 bits per heavy atom. The molecule has 0 aliphatic carbocycles. The van der Waals surface area contributed by atoms with Crippen molar-refractivity contribution in [3.63, 3.8) is 0 Å².